The Labute approximate surface area is 90.5 Å². The fourth-order valence-corrected chi connectivity index (χ4v) is 3.17. The minimum Gasteiger partial charge on any atom is -0.0628 e. The summed E-state index contributed by atoms with van der Waals surface area (Å²) >= 11 is 0. The van der Waals surface area contributed by atoms with Gasteiger partial charge in [0.2, 0.25) is 0 Å². The fraction of sp³-hybridized carbons (Fsp3) is 1.00. The smallest absolute Gasteiger partial charge is 0.0295 e. The van der Waals surface area contributed by atoms with Crippen LogP contribution >= 0.6 is 0 Å². The van der Waals surface area contributed by atoms with E-state index in [1.807, 2.05) is 0 Å². The van der Waals surface area contributed by atoms with Crippen LogP contribution in [-0.2, 0) is 0 Å². The van der Waals surface area contributed by atoms with Crippen molar-refractivity contribution < 1.29 is 0 Å². The van der Waals surface area contributed by atoms with Crippen molar-refractivity contribution in [1.82, 2.24) is 0 Å². The summed E-state index contributed by atoms with van der Waals surface area (Å²) in [5.74, 6) is 2.79. The highest BCUT2D eigenvalue weighted by Gasteiger charge is 2.43. The first kappa shape index (κ1) is 12.1. The molecule has 0 amide bonds. The Morgan fingerprint density at radius 1 is 1.21 bits per heavy atom. The predicted molar refractivity (Wildman–Crippen MR) is 64.4 cm³/mol. The van der Waals surface area contributed by atoms with E-state index in [2.05, 4.69) is 34.6 Å². The van der Waals surface area contributed by atoms with Crippen LogP contribution in [0.2, 0.25) is 0 Å². The third kappa shape index (κ3) is 2.74. The molecule has 2 unspecified atom stereocenters. The maximum absolute atomic E-state index is 2.52. The number of rotatable bonds is 5. The van der Waals surface area contributed by atoms with Crippen LogP contribution in [0, 0.1) is 23.2 Å². The molecule has 0 saturated heterocycles. The Hall–Kier alpha value is 0. The van der Waals surface area contributed by atoms with Gasteiger partial charge in [0.25, 0.3) is 0 Å². The Bertz CT molecular complexity index is 169. The van der Waals surface area contributed by atoms with Gasteiger partial charge >= 0.3 is 0 Å². The molecule has 0 heterocycles. The molecule has 84 valence electrons. The van der Waals surface area contributed by atoms with E-state index in [0.717, 1.165) is 17.8 Å². The monoisotopic (exact) mass is 196 g/mol. The van der Waals surface area contributed by atoms with Crippen molar-refractivity contribution in [2.75, 3.05) is 0 Å². The predicted octanol–water partition coefficient (Wildman–Crippen LogP) is 4.89. The summed E-state index contributed by atoms with van der Waals surface area (Å²) in [5, 5.41) is 0. The van der Waals surface area contributed by atoms with Crippen molar-refractivity contribution in [3.05, 3.63) is 0 Å². The van der Waals surface area contributed by atoms with Gasteiger partial charge in [0.1, 0.15) is 0 Å². The summed E-state index contributed by atoms with van der Waals surface area (Å²) in [6.07, 6.45) is 7.29. The SMILES string of the molecule is CC(C)CCCC1(C)CCC1C(C)C. The lowest BCUT2D eigenvalue weighted by Crippen LogP contribution is -2.40. The molecule has 0 spiro atoms. The van der Waals surface area contributed by atoms with Crippen LogP contribution in [0.25, 0.3) is 0 Å². The maximum Gasteiger partial charge on any atom is -0.0295 e. The first-order valence-electron chi connectivity index (χ1n) is 6.46. The van der Waals surface area contributed by atoms with Crippen molar-refractivity contribution in [2.24, 2.45) is 23.2 Å². The Morgan fingerprint density at radius 2 is 1.86 bits per heavy atom. The van der Waals surface area contributed by atoms with E-state index < -0.39 is 0 Å². The quantitative estimate of drug-likeness (QED) is 0.587. The molecule has 1 aliphatic carbocycles. The third-order valence-electron chi connectivity index (χ3n) is 4.26. The Morgan fingerprint density at radius 3 is 2.21 bits per heavy atom. The van der Waals surface area contributed by atoms with E-state index in [9.17, 15) is 0 Å². The van der Waals surface area contributed by atoms with Crippen molar-refractivity contribution in [3.63, 3.8) is 0 Å². The van der Waals surface area contributed by atoms with E-state index in [0.29, 0.717) is 5.41 Å². The average molecular weight is 196 g/mol. The van der Waals surface area contributed by atoms with Crippen LogP contribution in [0.15, 0.2) is 0 Å². The first-order chi connectivity index (χ1) is 6.46. The van der Waals surface area contributed by atoms with Crippen LogP contribution in [0.4, 0.5) is 0 Å². The van der Waals surface area contributed by atoms with Crippen molar-refractivity contribution in [1.29, 1.82) is 0 Å². The highest BCUT2D eigenvalue weighted by Crippen LogP contribution is 2.53. The van der Waals surface area contributed by atoms with Gasteiger partial charge in [0.15, 0.2) is 0 Å². The number of hydrogen-bond donors (Lipinski definition) is 0. The van der Waals surface area contributed by atoms with Gasteiger partial charge in [-0.1, -0.05) is 47.5 Å². The largest absolute Gasteiger partial charge is 0.0628 e. The van der Waals surface area contributed by atoms with Crippen LogP contribution in [0.3, 0.4) is 0 Å². The zero-order valence-corrected chi connectivity index (χ0v) is 10.8. The molecule has 0 radical (unpaired) electrons. The van der Waals surface area contributed by atoms with Gasteiger partial charge in [0.05, 0.1) is 0 Å². The van der Waals surface area contributed by atoms with Gasteiger partial charge in [-0.2, -0.15) is 0 Å². The molecule has 1 saturated carbocycles. The van der Waals surface area contributed by atoms with Gasteiger partial charge in [-0.3, -0.25) is 0 Å². The van der Waals surface area contributed by atoms with E-state index in [4.69, 9.17) is 0 Å². The van der Waals surface area contributed by atoms with Crippen LogP contribution in [0.1, 0.15) is 66.7 Å². The molecule has 0 nitrogen and oxygen atoms in total. The van der Waals surface area contributed by atoms with E-state index in [1.165, 1.54) is 32.1 Å². The first-order valence-corrected chi connectivity index (χ1v) is 6.46. The topological polar surface area (TPSA) is 0 Å². The highest BCUT2D eigenvalue weighted by atomic mass is 14.5. The van der Waals surface area contributed by atoms with E-state index >= 15 is 0 Å². The summed E-state index contributed by atoms with van der Waals surface area (Å²) < 4.78 is 0. The summed E-state index contributed by atoms with van der Waals surface area (Å²) in [6.45, 7) is 12.0. The summed E-state index contributed by atoms with van der Waals surface area (Å²) in [7, 11) is 0. The van der Waals surface area contributed by atoms with Crippen LogP contribution in [-0.4, -0.2) is 0 Å². The second-order valence-electron chi connectivity index (χ2n) is 6.33. The minimum atomic E-state index is 0.697. The molecule has 1 rings (SSSR count). The van der Waals surface area contributed by atoms with Gasteiger partial charge in [-0.05, 0) is 42.4 Å². The molecule has 0 N–H and O–H groups in total. The van der Waals surface area contributed by atoms with E-state index in [-0.39, 0.29) is 0 Å². The van der Waals surface area contributed by atoms with E-state index in [1.54, 1.807) is 0 Å². The molecule has 0 aliphatic heterocycles. The minimum absolute atomic E-state index is 0.697. The lowest BCUT2D eigenvalue weighted by molar-refractivity contribution is 0.00297. The summed E-state index contributed by atoms with van der Waals surface area (Å²) in [5.41, 5.74) is 0.697. The lowest BCUT2D eigenvalue weighted by atomic mass is 9.55. The van der Waals surface area contributed by atoms with Gasteiger partial charge in [-0.25, -0.2) is 0 Å². The lowest BCUT2D eigenvalue weighted by Gasteiger charge is -2.50. The number of hydrogen-bond acceptors (Lipinski definition) is 0. The molecule has 14 heavy (non-hydrogen) atoms. The normalized spacial score (nSPS) is 32.4. The van der Waals surface area contributed by atoms with Crippen molar-refractivity contribution >= 4 is 0 Å². The third-order valence-corrected chi connectivity index (χ3v) is 4.26. The Balaban J connectivity index is 2.28. The van der Waals surface area contributed by atoms with Crippen LogP contribution in [0.5, 0.6) is 0 Å². The summed E-state index contributed by atoms with van der Waals surface area (Å²) in [4.78, 5) is 0. The van der Waals surface area contributed by atoms with Gasteiger partial charge in [-0.15, -0.1) is 0 Å². The zero-order chi connectivity index (χ0) is 10.8. The van der Waals surface area contributed by atoms with Gasteiger partial charge in [0, 0.05) is 0 Å². The molecule has 0 aromatic carbocycles. The van der Waals surface area contributed by atoms with Crippen LogP contribution < -0.4 is 0 Å². The average Bonchev–Trinajstić information content (AvgIpc) is 2.00. The molecule has 1 fully saturated rings. The molecular formula is C14H28. The molecule has 0 aromatic rings. The van der Waals surface area contributed by atoms with Gasteiger partial charge < -0.3 is 0 Å². The second-order valence-corrected chi connectivity index (χ2v) is 6.33. The molecule has 0 heteroatoms. The molecule has 0 aromatic heterocycles. The molecule has 2 atom stereocenters. The second kappa shape index (κ2) is 4.68. The standard InChI is InChI=1S/C14H28/c1-11(2)7-6-9-14(5)10-8-13(14)12(3)4/h11-13H,6-10H2,1-5H3. The molecular weight excluding hydrogens is 168 g/mol. The zero-order valence-electron chi connectivity index (χ0n) is 10.8. The maximum atomic E-state index is 2.52. The van der Waals surface area contributed by atoms with Crippen molar-refractivity contribution in [2.45, 2.75) is 66.7 Å². The highest BCUT2D eigenvalue weighted by molar-refractivity contribution is 4.93. The molecule has 0 bridgehead atoms. The summed E-state index contributed by atoms with van der Waals surface area (Å²) in [6, 6.07) is 0. The molecule has 1 aliphatic rings. The van der Waals surface area contributed by atoms with Crippen molar-refractivity contribution in [3.8, 4) is 0 Å². The fourth-order valence-electron chi connectivity index (χ4n) is 3.17. The Kier molecular flexibility index (Phi) is 4.04.